The highest BCUT2D eigenvalue weighted by atomic mass is 16.5. The van der Waals surface area contributed by atoms with E-state index in [0.717, 1.165) is 25.1 Å². The number of nitriles is 1. The van der Waals surface area contributed by atoms with Crippen LogP contribution in [0, 0.1) is 11.3 Å². The molecule has 0 bridgehead atoms. The van der Waals surface area contributed by atoms with Crippen molar-refractivity contribution in [2.75, 3.05) is 27.8 Å². The second-order valence-electron chi connectivity index (χ2n) is 8.11. The maximum absolute atomic E-state index is 12.6. The first kappa shape index (κ1) is 21.0. The minimum absolute atomic E-state index is 0.0569. The molecule has 1 saturated heterocycles. The molecule has 2 unspecified atom stereocenters. The van der Waals surface area contributed by atoms with Crippen molar-refractivity contribution in [3.8, 4) is 17.6 Å². The SMILES string of the molecule is COc1ccc(C23CCC(OC(=O)c4ccc(C#N)cc4)=CC2N(C)CC3)cc1OC. The molecule has 0 aromatic heterocycles. The number of esters is 1. The Bertz CT molecular complexity index is 1050. The Kier molecular flexibility index (Phi) is 5.71. The van der Waals surface area contributed by atoms with Crippen molar-refractivity contribution in [2.45, 2.75) is 30.7 Å². The number of rotatable bonds is 5. The first-order valence-electron chi connectivity index (χ1n) is 10.4. The molecule has 1 heterocycles. The maximum Gasteiger partial charge on any atom is 0.343 e. The lowest BCUT2D eigenvalue weighted by Gasteiger charge is -2.40. The van der Waals surface area contributed by atoms with Crippen molar-refractivity contribution >= 4 is 5.97 Å². The lowest BCUT2D eigenvalue weighted by molar-refractivity contribution is 0.0593. The summed E-state index contributed by atoms with van der Waals surface area (Å²) in [6, 6.07) is 14.8. The van der Waals surface area contributed by atoms with Crippen LogP contribution in [-0.2, 0) is 10.2 Å². The summed E-state index contributed by atoms with van der Waals surface area (Å²) in [6.07, 6.45) is 4.68. The first-order chi connectivity index (χ1) is 15.0. The molecule has 0 radical (unpaired) electrons. The second kappa shape index (κ2) is 8.44. The van der Waals surface area contributed by atoms with Crippen molar-refractivity contribution < 1.29 is 19.0 Å². The Morgan fingerprint density at radius 1 is 1.10 bits per heavy atom. The average Bonchev–Trinajstić information content (AvgIpc) is 3.15. The van der Waals surface area contributed by atoms with E-state index in [9.17, 15) is 4.79 Å². The highest BCUT2D eigenvalue weighted by Gasteiger charge is 2.48. The number of methoxy groups -OCH3 is 2. The highest BCUT2D eigenvalue weighted by Crippen LogP contribution is 2.49. The number of carbonyl (C=O) groups excluding carboxylic acids is 1. The van der Waals surface area contributed by atoms with Gasteiger partial charge in [-0.05, 0) is 74.5 Å². The fourth-order valence-corrected chi connectivity index (χ4v) is 4.80. The normalized spacial score (nSPS) is 22.8. The third kappa shape index (κ3) is 3.77. The van der Waals surface area contributed by atoms with Gasteiger partial charge < -0.3 is 14.2 Å². The van der Waals surface area contributed by atoms with Gasteiger partial charge in [0.05, 0.1) is 31.4 Å². The molecule has 1 aliphatic heterocycles. The van der Waals surface area contributed by atoms with Crippen LogP contribution in [0.15, 0.2) is 54.3 Å². The molecule has 31 heavy (non-hydrogen) atoms. The molecule has 6 heteroatoms. The Labute approximate surface area is 182 Å². The van der Waals surface area contributed by atoms with Gasteiger partial charge in [0, 0.05) is 17.9 Å². The van der Waals surface area contributed by atoms with Crippen LogP contribution in [0.2, 0.25) is 0 Å². The summed E-state index contributed by atoms with van der Waals surface area (Å²) in [5, 5.41) is 8.93. The predicted octanol–water partition coefficient (Wildman–Crippen LogP) is 4.05. The average molecular weight is 418 g/mol. The van der Waals surface area contributed by atoms with Gasteiger partial charge in [0.15, 0.2) is 11.5 Å². The number of ether oxygens (including phenoxy) is 3. The molecule has 2 aromatic rings. The number of hydrogen-bond donors (Lipinski definition) is 0. The van der Waals surface area contributed by atoms with Crippen LogP contribution < -0.4 is 9.47 Å². The van der Waals surface area contributed by atoms with Gasteiger partial charge in [0.2, 0.25) is 0 Å². The van der Waals surface area contributed by atoms with Crippen LogP contribution in [0.3, 0.4) is 0 Å². The first-order valence-corrected chi connectivity index (χ1v) is 10.4. The van der Waals surface area contributed by atoms with E-state index in [4.69, 9.17) is 19.5 Å². The maximum atomic E-state index is 12.6. The fraction of sp³-hybridized carbons (Fsp3) is 0.360. The van der Waals surface area contributed by atoms with Gasteiger partial charge in [0.1, 0.15) is 5.76 Å². The number of nitrogens with zero attached hydrogens (tertiary/aromatic N) is 2. The molecule has 2 aliphatic rings. The third-order valence-corrected chi connectivity index (χ3v) is 6.54. The van der Waals surface area contributed by atoms with Crippen molar-refractivity contribution in [3.05, 3.63) is 71.0 Å². The smallest absolute Gasteiger partial charge is 0.343 e. The van der Waals surface area contributed by atoms with Crippen LogP contribution in [0.4, 0.5) is 0 Å². The number of allylic oxidation sites excluding steroid dienone is 1. The molecule has 0 N–H and O–H groups in total. The molecule has 4 rings (SSSR count). The number of likely N-dealkylation sites (tertiary alicyclic amines) is 1. The van der Waals surface area contributed by atoms with E-state index in [2.05, 4.69) is 36.2 Å². The minimum atomic E-state index is -0.394. The van der Waals surface area contributed by atoms with Crippen molar-refractivity contribution in [1.29, 1.82) is 5.26 Å². The number of likely N-dealkylation sites (N-methyl/N-ethyl adjacent to an activating group) is 1. The number of hydrogen-bond acceptors (Lipinski definition) is 6. The van der Waals surface area contributed by atoms with Gasteiger partial charge in [0.25, 0.3) is 0 Å². The van der Waals surface area contributed by atoms with Gasteiger partial charge in [-0.15, -0.1) is 0 Å². The summed E-state index contributed by atoms with van der Waals surface area (Å²) in [5.74, 6) is 1.75. The summed E-state index contributed by atoms with van der Waals surface area (Å²) >= 11 is 0. The van der Waals surface area contributed by atoms with E-state index in [1.165, 1.54) is 5.56 Å². The Morgan fingerprint density at radius 2 is 1.84 bits per heavy atom. The predicted molar refractivity (Wildman–Crippen MR) is 116 cm³/mol. The van der Waals surface area contributed by atoms with E-state index in [1.807, 2.05) is 6.07 Å². The van der Waals surface area contributed by atoms with Gasteiger partial charge in [-0.25, -0.2) is 4.79 Å². The molecular formula is C25H26N2O4. The molecule has 2 aromatic carbocycles. The summed E-state index contributed by atoms with van der Waals surface area (Å²) in [7, 11) is 5.40. The minimum Gasteiger partial charge on any atom is -0.493 e. The molecular weight excluding hydrogens is 392 g/mol. The van der Waals surface area contributed by atoms with Crippen LogP contribution in [-0.4, -0.2) is 44.7 Å². The van der Waals surface area contributed by atoms with Crippen LogP contribution in [0.1, 0.15) is 40.7 Å². The van der Waals surface area contributed by atoms with Crippen molar-refractivity contribution in [2.24, 2.45) is 0 Å². The van der Waals surface area contributed by atoms with Gasteiger partial charge >= 0.3 is 5.97 Å². The van der Waals surface area contributed by atoms with Crippen molar-refractivity contribution in [1.82, 2.24) is 4.90 Å². The molecule has 160 valence electrons. The zero-order chi connectivity index (χ0) is 22.0. The third-order valence-electron chi connectivity index (χ3n) is 6.54. The molecule has 0 saturated carbocycles. The number of carbonyl (C=O) groups is 1. The molecule has 2 atom stereocenters. The van der Waals surface area contributed by atoms with Crippen LogP contribution >= 0.6 is 0 Å². The second-order valence-corrected chi connectivity index (χ2v) is 8.11. The van der Waals surface area contributed by atoms with Gasteiger partial charge in [-0.2, -0.15) is 5.26 Å². The lowest BCUT2D eigenvalue weighted by Crippen LogP contribution is -2.42. The van der Waals surface area contributed by atoms with Crippen LogP contribution in [0.25, 0.3) is 0 Å². The topological polar surface area (TPSA) is 71.8 Å². The fourth-order valence-electron chi connectivity index (χ4n) is 4.80. The molecule has 0 spiro atoms. The van der Waals surface area contributed by atoms with E-state index in [1.54, 1.807) is 38.5 Å². The quantitative estimate of drug-likeness (QED) is 0.682. The number of benzene rings is 2. The zero-order valence-electron chi connectivity index (χ0n) is 18.1. The molecule has 1 aliphatic carbocycles. The molecule has 6 nitrogen and oxygen atoms in total. The molecule has 1 fully saturated rings. The van der Waals surface area contributed by atoms with E-state index >= 15 is 0 Å². The molecule has 0 amide bonds. The van der Waals surface area contributed by atoms with E-state index in [0.29, 0.717) is 29.1 Å². The summed E-state index contributed by atoms with van der Waals surface area (Å²) in [6.45, 7) is 0.965. The largest absolute Gasteiger partial charge is 0.493 e. The summed E-state index contributed by atoms with van der Waals surface area (Å²) < 4.78 is 16.7. The van der Waals surface area contributed by atoms with Gasteiger partial charge in [-0.1, -0.05) is 6.07 Å². The number of fused-ring (bicyclic) bond motifs is 1. The van der Waals surface area contributed by atoms with Crippen molar-refractivity contribution in [3.63, 3.8) is 0 Å². The Balaban J connectivity index is 1.59. The standard InChI is InChI=1S/C25H26N2O4/c1-27-13-12-25(19-8-9-21(29-2)22(14-19)30-3)11-10-20(15-23(25)27)31-24(28)18-6-4-17(16-26)5-7-18/h4-9,14-15,23H,10-13H2,1-3H3. The monoisotopic (exact) mass is 418 g/mol. The van der Waals surface area contributed by atoms with E-state index < -0.39 is 5.97 Å². The summed E-state index contributed by atoms with van der Waals surface area (Å²) in [4.78, 5) is 14.9. The zero-order valence-corrected chi connectivity index (χ0v) is 18.1. The summed E-state index contributed by atoms with van der Waals surface area (Å²) in [5.41, 5.74) is 2.11. The lowest BCUT2D eigenvalue weighted by atomic mass is 9.68. The highest BCUT2D eigenvalue weighted by molar-refractivity contribution is 5.90. The van der Waals surface area contributed by atoms with Crippen LogP contribution in [0.5, 0.6) is 11.5 Å². The van der Waals surface area contributed by atoms with E-state index in [-0.39, 0.29) is 11.5 Å². The Hall–Kier alpha value is -3.30. The van der Waals surface area contributed by atoms with Gasteiger partial charge in [-0.3, -0.25) is 4.90 Å². The Morgan fingerprint density at radius 3 is 2.52 bits per heavy atom.